The Morgan fingerprint density at radius 3 is 2.57 bits per heavy atom. The van der Waals surface area contributed by atoms with E-state index in [1.54, 1.807) is 6.92 Å². The van der Waals surface area contributed by atoms with Crippen molar-refractivity contribution in [1.82, 2.24) is 20.8 Å². The first-order chi connectivity index (χ1) is 9.71. The highest BCUT2D eigenvalue weighted by Gasteiger charge is 2.21. The van der Waals surface area contributed by atoms with E-state index in [4.69, 9.17) is 0 Å². The monoisotopic (exact) mass is 331 g/mol. The maximum Gasteiger partial charge on any atom is 0.321 e. The summed E-state index contributed by atoms with van der Waals surface area (Å²) in [6.07, 6.45) is 0. The van der Waals surface area contributed by atoms with Crippen LogP contribution in [0.15, 0.2) is 4.34 Å². The Morgan fingerprint density at radius 1 is 1.33 bits per heavy atom. The maximum absolute atomic E-state index is 11.9. The topological polar surface area (TPSA) is 96.0 Å². The molecule has 0 bridgehead atoms. The van der Waals surface area contributed by atoms with Gasteiger partial charge in [-0.2, -0.15) is 0 Å². The normalized spacial score (nSPS) is 12.6. The zero-order valence-electron chi connectivity index (χ0n) is 12.8. The van der Waals surface area contributed by atoms with E-state index in [0.29, 0.717) is 4.34 Å². The SMILES string of the molecule is CCNc1nnc(S[C@H](C)C(=O)NC(=O)NC(C)(C)C)s1. The molecule has 0 aliphatic rings. The number of nitrogens with zero attached hydrogens (tertiary/aromatic N) is 2. The first-order valence-electron chi connectivity index (χ1n) is 6.58. The molecule has 21 heavy (non-hydrogen) atoms. The van der Waals surface area contributed by atoms with Gasteiger partial charge in [-0.05, 0) is 34.6 Å². The molecule has 9 heteroatoms. The van der Waals surface area contributed by atoms with E-state index in [9.17, 15) is 9.59 Å². The average molecular weight is 331 g/mol. The first kappa shape index (κ1) is 17.7. The van der Waals surface area contributed by atoms with E-state index < -0.39 is 11.3 Å². The van der Waals surface area contributed by atoms with E-state index in [-0.39, 0.29) is 11.4 Å². The molecule has 0 aliphatic carbocycles. The predicted molar refractivity (Wildman–Crippen MR) is 85.8 cm³/mol. The number of thioether (sulfide) groups is 1. The molecule has 0 radical (unpaired) electrons. The number of aromatic nitrogens is 2. The van der Waals surface area contributed by atoms with Crippen LogP contribution in [0.2, 0.25) is 0 Å². The van der Waals surface area contributed by atoms with Crippen LogP contribution in [0.5, 0.6) is 0 Å². The molecule has 1 atom stereocenters. The molecule has 118 valence electrons. The Morgan fingerprint density at radius 2 is 2.00 bits per heavy atom. The maximum atomic E-state index is 11.9. The summed E-state index contributed by atoms with van der Waals surface area (Å²) >= 11 is 2.65. The molecule has 0 aliphatic heterocycles. The Kier molecular flexibility index (Phi) is 6.41. The molecule has 0 fully saturated rings. The van der Waals surface area contributed by atoms with Crippen LogP contribution in [0, 0.1) is 0 Å². The fraction of sp³-hybridized carbons (Fsp3) is 0.667. The molecule has 0 unspecified atom stereocenters. The summed E-state index contributed by atoms with van der Waals surface area (Å²) in [7, 11) is 0. The fourth-order valence-corrected chi connectivity index (χ4v) is 3.23. The van der Waals surface area contributed by atoms with Crippen molar-refractivity contribution in [2.45, 2.75) is 49.7 Å². The van der Waals surface area contributed by atoms with Gasteiger partial charge in [-0.3, -0.25) is 10.1 Å². The number of hydrogen-bond acceptors (Lipinski definition) is 7. The third-order valence-corrected chi connectivity index (χ3v) is 4.17. The van der Waals surface area contributed by atoms with Gasteiger partial charge in [0.15, 0.2) is 4.34 Å². The van der Waals surface area contributed by atoms with Gasteiger partial charge in [0.25, 0.3) is 0 Å². The molecular formula is C12H21N5O2S2. The largest absolute Gasteiger partial charge is 0.360 e. The van der Waals surface area contributed by atoms with E-state index in [1.165, 1.54) is 23.1 Å². The van der Waals surface area contributed by atoms with Gasteiger partial charge < -0.3 is 10.6 Å². The van der Waals surface area contributed by atoms with Gasteiger partial charge in [-0.1, -0.05) is 23.1 Å². The lowest BCUT2D eigenvalue weighted by molar-refractivity contribution is -0.119. The number of rotatable bonds is 5. The van der Waals surface area contributed by atoms with Gasteiger partial charge in [-0.25, -0.2) is 4.79 Å². The molecule has 3 amide bonds. The first-order valence-corrected chi connectivity index (χ1v) is 8.28. The minimum atomic E-state index is -0.495. The summed E-state index contributed by atoms with van der Waals surface area (Å²) in [6, 6.07) is -0.495. The lowest BCUT2D eigenvalue weighted by atomic mass is 10.1. The number of anilines is 1. The molecule has 0 saturated carbocycles. The summed E-state index contributed by atoms with van der Waals surface area (Å²) in [5, 5.41) is 16.3. The minimum absolute atomic E-state index is 0.359. The lowest BCUT2D eigenvalue weighted by Gasteiger charge is -2.20. The standard InChI is InChI=1S/C12H21N5O2S2/c1-6-13-10-16-17-11(21-10)20-7(2)8(18)14-9(19)15-12(3,4)5/h7H,6H2,1-5H3,(H,13,16)(H2,14,15,18,19)/t7-/m1/s1. The van der Waals surface area contributed by atoms with Crippen LogP contribution in [0.25, 0.3) is 0 Å². The van der Waals surface area contributed by atoms with Crippen LogP contribution in [0.4, 0.5) is 9.93 Å². The van der Waals surface area contributed by atoms with Crippen LogP contribution in [0.1, 0.15) is 34.6 Å². The molecule has 1 aromatic rings. The summed E-state index contributed by atoms with van der Waals surface area (Å²) < 4.78 is 0.685. The number of carbonyl (C=O) groups is 2. The van der Waals surface area contributed by atoms with E-state index in [1.807, 2.05) is 27.7 Å². The van der Waals surface area contributed by atoms with Crippen molar-refractivity contribution in [1.29, 1.82) is 0 Å². The Hall–Kier alpha value is -1.35. The number of imide groups is 1. The molecule has 3 N–H and O–H groups in total. The van der Waals surface area contributed by atoms with Gasteiger partial charge in [0.2, 0.25) is 11.0 Å². The second-order valence-corrected chi connectivity index (χ2v) is 7.92. The second-order valence-electron chi connectivity index (χ2n) is 5.36. The summed E-state index contributed by atoms with van der Waals surface area (Å²) in [5.41, 5.74) is -0.388. The van der Waals surface area contributed by atoms with Crippen molar-refractivity contribution in [2.24, 2.45) is 0 Å². The van der Waals surface area contributed by atoms with Crippen LogP contribution in [-0.4, -0.2) is 39.5 Å². The second kappa shape index (κ2) is 7.60. The van der Waals surface area contributed by atoms with Crippen molar-refractivity contribution < 1.29 is 9.59 Å². The van der Waals surface area contributed by atoms with Crippen LogP contribution >= 0.6 is 23.1 Å². The molecule has 7 nitrogen and oxygen atoms in total. The van der Waals surface area contributed by atoms with Crippen molar-refractivity contribution >= 4 is 40.2 Å². The third kappa shape index (κ3) is 6.76. The number of hydrogen-bond donors (Lipinski definition) is 3. The third-order valence-electron chi connectivity index (χ3n) is 2.11. The smallest absolute Gasteiger partial charge is 0.321 e. The number of amides is 3. The minimum Gasteiger partial charge on any atom is -0.360 e. The number of nitrogens with one attached hydrogen (secondary N) is 3. The fourth-order valence-electron chi connectivity index (χ4n) is 1.27. The van der Waals surface area contributed by atoms with Gasteiger partial charge in [0, 0.05) is 12.1 Å². The van der Waals surface area contributed by atoms with Gasteiger partial charge in [0.1, 0.15) is 0 Å². The van der Waals surface area contributed by atoms with Gasteiger partial charge >= 0.3 is 6.03 Å². The quantitative estimate of drug-likeness (QED) is 0.715. The number of carbonyl (C=O) groups excluding carboxylic acids is 2. The summed E-state index contributed by atoms with van der Waals surface area (Å²) in [5.74, 6) is -0.359. The summed E-state index contributed by atoms with van der Waals surface area (Å²) in [6.45, 7) is 10.00. The molecule has 1 heterocycles. The van der Waals surface area contributed by atoms with Crippen LogP contribution in [0.3, 0.4) is 0 Å². The highest BCUT2D eigenvalue weighted by molar-refractivity contribution is 8.02. The molecule has 1 aromatic heterocycles. The molecule has 0 saturated heterocycles. The van der Waals surface area contributed by atoms with Crippen LogP contribution in [-0.2, 0) is 4.79 Å². The van der Waals surface area contributed by atoms with Crippen molar-refractivity contribution in [3.63, 3.8) is 0 Å². The van der Waals surface area contributed by atoms with E-state index in [2.05, 4.69) is 26.1 Å². The Balaban J connectivity index is 2.48. The van der Waals surface area contributed by atoms with Gasteiger partial charge in [0.05, 0.1) is 5.25 Å². The Labute approximate surface area is 132 Å². The van der Waals surface area contributed by atoms with Gasteiger partial charge in [-0.15, -0.1) is 10.2 Å². The molecule has 1 rings (SSSR count). The van der Waals surface area contributed by atoms with E-state index in [0.717, 1.165) is 11.7 Å². The Bertz CT molecular complexity index is 498. The van der Waals surface area contributed by atoms with Crippen molar-refractivity contribution in [2.75, 3.05) is 11.9 Å². The zero-order valence-corrected chi connectivity index (χ0v) is 14.4. The van der Waals surface area contributed by atoms with Crippen LogP contribution < -0.4 is 16.0 Å². The lowest BCUT2D eigenvalue weighted by Crippen LogP contribution is -2.49. The average Bonchev–Trinajstić information content (AvgIpc) is 2.74. The predicted octanol–water partition coefficient (Wildman–Crippen LogP) is 2.07. The zero-order chi connectivity index (χ0) is 16.0. The highest BCUT2D eigenvalue weighted by atomic mass is 32.2. The van der Waals surface area contributed by atoms with Crippen molar-refractivity contribution in [3.8, 4) is 0 Å². The molecule has 0 spiro atoms. The van der Waals surface area contributed by atoms with E-state index >= 15 is 0 Å². The van der Waals surface area contributed by atoms with Crippen molar-refractivity contribution in [3.05, 3.63) is 0 Å². The molecule has 0 aromatic carbocycles. The summed E-state index contributed by atoms with van der Waals surface area (Å²) in [4.78, 5) is 23.6. The highest BCUT2D eigenvalue weighted by Crippen LogP contribution is 2.28. The molecular weight excluding hydrogens is 310 g/mol. The number of urea groups is 1.